The maximum atomic E-state index is 12.0. The zero-order chi connectivity index (χ0) is 25.3. The van der Waals surface area contributed by atoms with E-state index < -0.39 is 5.60 Å². The van der Waals surface area contributed by atoms with Gasteiger partial charge in [0.1, 0.15) is 5.60 Å². The van der Waals surface area contributed by atoms with E-state index in [1.165, 1.54) is 5.56 Å². The summed E-state index contributed by atoms with van der Waals surface area (Å²) in [6, 6.07) is 20.2. The summed E-state index contributed by atoms with van der Waals surface area (Å²) in [5.41, 5.74) is 3.47. The third-order valence-electron chi connectivity index (χ3n) is 6.53. The van der Waals surface area contributed by atoms with Gasteiger partial charge in [0.15, 0.2) is 0 Å². The minimum absolute atomic E-state index is 0. The molecule has 4 rings (SSSR count). The molecule has 2 heterocycles. The molecule has 192 valence electrons. The molecule has 2 aliphatic rings. The molecule has 0 saturated carbocycles. The summed E-state index contributed by atoms with van der Waals surface area (Å²) in [5, 5.41) is 21.5. The van der Waals surface area contributed by atoms with Crippen LogP contribution in [0.1, 0.15) is 80.5 Å². The molecule has 7 heteroatoms. The molecule has 6 nitrogen and oxygen atoms in total. The number of likely N-dealkylation sites (tertiary alicyclic amines) is 1. The number of carbonyl (C=O) groups excluding carboxylic acids is 1. The van der Waals surface area contributed by atoms with Crippen molar-refractivity contribution < 1.29 is 9.53 Å². The Labute approximate surface area is 221 Å². The SMILES string of the molecule is CC(C)(C)OC(=O)N1CCC(c2ccccc2C#N)CC1.Cl.N#Cc1ccccc1C1CCNCC1. The van der Waals surface area contributed by atoms with Crippen LogP contribution < -0.4 is 5.32 Å². The van der Waals surface area contributed by atoms with E-state index in [-0.39, 0.29) is 18.5 Å². The molecular weight excluding hydrogens is 472 g/mol. The molecule has 1 N–H and O–H groups in total. The molecule has 0 aromatic heterocycles. The molecule has 0 atom stereocenters. The Hall–Kier alpha value is -3.06. The summed E-state index contributed by atoms with van der Waals surface area (Å²) in [4.78, 5) is 13.8. The summed E-state index contributed by atoms with van der Waals surface area (Å²) in [6.45, 7) is 9.13. The first kappa shape index (κ1) is 29.2. The fourth-order valence-corrected chi connectivity index (χ4v) is 4.74. The van der Waals surface area contributed by atoms with E-state index in [9.17, 15) is 10.1 Å². The van der Waals surface area contributed by atoms with E-state index in [0.29, 0.717) is 24.9 Å². The number of piperidine rings is 2. The van der Waals surface area contributed by atoms with Gasteiger partial charge in [0, 0.05) is 13.1 Å². The highest BCUT2D eigenvalue weighted by Crippen LogP contribution is 2.31. The second kappa shape index (κ2) is 13.9. The second-order valence-electron chi connectivity index (χ2n) is 10.2. The fraction of sp³-hybridized carbons (Fsp3) is 0.483. The minimum atomic E-state index is -0.457. The van der Waals surface area contributed by atoms with Gasteiger partial charge in [-0.05, 0) is 94.6 Å². The maximum absolute atomic E-state index is 12.0. The first-order valence-corrected chi connectivity index (χ1v) is 12.5. The molecular formula is C29H37ClN4O2. The van der Waals surface area contributed by atoms with Gasteiger partial charge in [0.25, 0.3) is 0 Å². The van der Waals surface area contributed by atoms with Crippen molar-refractivity contribution in [2.45, 2.75) is 63.9 Å². The largest absolute Gasteiger partial charge is 0.444 e. The van der Waals surface area contributed by atoms with Crippen LogP contribution in [0, 0.1) is 22.7 Å². The zero-order valence-corrected chi connectivity index (χ0v) is 22.3. The first-order valence-electron chi connectivity index (χ1n) is 12.5. The molecule has 0 spiro atoms. The van der Waals surface area contributed by atoms with Crippen LogP contribution in [0.15, 0.2) is 48.5 Å². The van der Waals surface area contributed by atoms with Crippen LogP contribution in [0.2, 0.25) is 0 Å². The number of benzene rings is 2. The van der Waals surface area contributed by atoms with Crippen molar-refractivity contribution in [3.8, 4) is 12.1 Å². The van der Waals surface area contributed by atoms with Crippen molar-refractivity contribution in [1.29, 1.82) is 10.5 Å². The van der Waals surface area contributed by atoms with Crippen molar-refractivity contribution in [3.63, 3.8) is 0 Å². The van der Waals surface area contributed by atoms with Crippen molar-refractivity contribution in [2.24, 2.45) is 0 Å². The highest BCUT2D eigenvalue weighted by molar-refractivity contribution is 5.85. The monoisotopic (exact) mass is 508 g/mol. The number of nitrogens with one attached hydrogen (secondary N) is 1. The van der Waals surface area contributed by atoms with E-state index >= 15 is 0 Å². The van der Waals surface area contributed by atoms with Crippen LogP contribution in [-0.2, 0) is 4.74 Å². The van der Waals surface area contributed by atoms with Crippen LogP contribution >= 0.6 is 12.4 Å². The van der Waals surface area contributed by atoms with Crippen LogP contribution in [0.5, 0.6) is 0 Å². The van der Waals surface area contributed by atoms with Crippen molar-refractivity contribution >= 4 is 18.5 Å². The van der Waals surface area contributed by atoms with Gasteiger partial charge >= 0.3 is 6.09 Å². The van der Waals surface area contributed by atoms with Crippen LogP contribution in [0.3, 0.4) is 0 Å². The molecule has 2 aromatic rings. The topological polar surface area (TPSA) is 89.2 Å². The lowest BCUT2D eigenvalue weighted by Gasteiger charge is -2.33. The van der Waals surface area contributed by atoms with Crippen LogP contribution in [0.25, 0.3) is 0 Å². The molecule has 2 fully saturated rings. The van der Waals surface area contributed by atoms with Gasteiger partial charge in [-0.2, -0.15) is 10.5 Å². The molecule has 0 aliphatic carbocycles. The van der Waals surface area contributed by atoms with Gasteiger partial charge in [0.05, 0.1) is 23.3 Å². The number of nitriles is 2. The fourth-order valence-electron chi connectivity index (χ4n) is 4.74. The van der Waals surface area contributed by atoms with Crippen LogP contribution in [-0.4, -0.2) is 42.8 Å². The molecule has 0 bridgehead atoms. The number of hydrogen-bond donors (Lipinski definition) is 1. The van der Waals surface area contributed by atoms with E-state index in [0.717, 1.165) is 55.5 Å². The normalized spacial score (nSPS) is 16.4. The number of ether oxygens (including phenoxy) is 1. The number of hydrogen-bond acceptors (Lipinski definition) is 5. The number of halogens is 1. The third-order valence-corrected chi connectivity index (χ3v) is 6.53. The number of rotatable bonds is 2. The van der Waals surface area contributed by atoms with Gasteiger partial charge in [0.2, 0.25) is 0 Å². The minimum Gasteiger partial charge on any atom is -0.444 e. The van der Waals surface area contributed by atoms with E-state index in [1.807, 2.05) is 63.2 Å². The van der Waals surface area contributed by atoms with Gasteiger partial charge < -0.3 is 15.0 Å². The van der Waals surface area contributed by atoms with E-state index in [4.69, 9.17) is 10.00 Å². The quantitative estimate of drug-likeness (QED) is 0.527. The summed E-state index contributed by atoms with van der Waals surface area (Å²) in [7, 11) is 0. The molecule has 2 saturated heterocycles. The Kier molecular flexibility index (Phi) is 11.2. The number of amides is 1. The highest BCUT2D eigenvalue weighted by Gasteiger charge is 2.28. The molecule has 2 aromatic carbocycles. The summed E-state index contributed by atoms with van der Waals surface area (Å²) >= 11 is 0. The Balaban J connectivity index is 0.000000265. The first-order chi connectivity index (χ1) is 16.8. The predicted octanol–water partition coefficient (Wildman–Crippen LogP) is 6.12. The summed E-state index contributed by atoms with van der Waals surface area (Å²) in [6.07, 6.45) is 3.81. The Morgan fingerprint density at radius 3 is 1.75 bits per heavy atom. The Morgan fingerprint density at radius 1 is 0.861 bits per heavy atom. The lowest BCUT2D eigenvalue weighted by Crippen LogP contribution is -2.41. The van der Waals surface area contributed by atoms with E-state index in [2.05, 4.69) is 23.5 Å². The molecule has 0 unspecified atom stereocenters. The smallest absolute Gasteiger partial charge is 0.410 e. The Morgan fingerprint density at radius 2 is 1.31 bits per heavy atom. The molecule has 1 amide bonds. The lowest BCUT2D eigenvalue weighted by molar-refractivity contribution is 0.0205. The van der Waals surface area contributed by atoms with Gasteiger partial charge in [-0.25, -0.2) is 4.79 Å². The van der Waals surface area contributed by atoms with Gasteiger partial charge in [-0.3, -0.25) is 0 Å². The average molecular weight is 509 g/mol. The summed E-state index contributed by atoms with van der Waals surface area (Å²) < 4.78 is 5.40. The second-order valence-corrected chi connectivity index (χ2v) is 10.2. The Bertz CT molecular complexity index is 1070. The predicted molar refractivity (Wildman–Crippen MR) is 144 cm³/mol. The molecule has 0 radical (unpaired) electrons. The van der Waals surface area contributed by atoms with Crippen LogP contribution in [0.4, 0.5) is 4.79 Å². The van der Waals surface area contributed by atoms with Crippen molar-refractivity contribution in [1.82, 2.24) is 10.2 Å². The van der Waals surface area contributed by atoms with E-state index in [1.54, 1.807) is 4.90 Å². The maximum Gasteiger partial charge on any atom is 0.410 e. The molecule has 2 aliphatic heterocycles. The van der Waals surface area contributed by atoms with Crippen molar-refractivity contribution in [2.75, 3.05) is 26.2 Å². The number of nitrogens with zero attached hydrogens (tertiary/aromatic N) is 3. The summed E-state index contributed by atoms with van der Waals surface area (Å²) in [5.74, 6) is 0.923. The number of carbonyl (C=O) groups is 1. The zero-order valence-electron chi connectivity index (χ0n) is 21.5. The van der Waals surface area contributed by atoms with Gasteiger partial charge in [-0.15, -0.1) is 12.4 Å². The average Bonchev–Trinajstić information content (AvgIpc) is 2.88. The lowest BCUT2D eigenvalue weighted by atomic mass is 9.87. The standard InChI is InChI=1S/C17H22N2O2.C12H14N2.ClH/c1-17(2,3)21-16(20)19-10-8-13(9-11-19)15-7-5-4-6-14(15)12-18;13-9-11-3-1-2-4-12(11)10-5-7-14-8-6-10;/h4-7,13H,8-11H2,1-3H3;1-4,10,14H,5-8H2;1H. The third kappa shape index (κ3) is 8.26. The highest BCUT2D eigenvalue weighted by atomic mass is 35.5. The van der Waals surface area contributed by atoms with Gasteiger partial charge in [-0.1, -0.05) is 36.4 Å². The van der Waals surface area contributed by atoms with Crippen molar-refractivity contribution in [3.05, 3.63) is 70.8 Å². The molecule has 36 heavy (non-hydrogen) atoms.